The third-order valence-corrected chi connectivity index (χ3v) is 9.86. The monoisotopic (exact) mass is 752 g/mol. The summed E-state index contributed by atoms with van der Waals surface area (Å²) in [7, 11) is 0. The molecule has 4 atom stereocenters. The Labute approximate surface area is 314 Å². The summed E-state index contributed by atoms with van der Waals surface area (Å²) in [5.41, 5.74) is 1.97. The maximum Gasteiger partial charge on any atom is 0.411 e. The first-order chi connectivity index (χ1) is 26.0. The molecule has 3 aromatic carbocycles. The Bertz CT molecular complexity index is 2530. The lowest BCUT2D eigenvalue weighted by Gasteiger charge is -2.27. The average molecular weight is 753 g/mol. The number of benzene rings is 3. The number of ether oxygens (including phenoxy) is 2. The number of H-pyrrole nitrogens is 2. The smallest absolute Gasteiger partial charge is 0.411 e. The van der Waals surface area contributed by atoms with E-state index in [-0.39, 0.29) is 31.4 Å². The number of likely N-dealkylation sites (tertiary alicyclic amines) is 2. The number of hydrogen-bond acceptors (Lipinski definition) is 8. The Hall–Kier alpha value is -5.79. The average Bonchev–Trinajstić information content (AvgIpc) is 3.92. The molecule has 286 valence electrons. The number of fused-ring (bicyclic) bond motifs is 4. The van der Waals surface area contributed by atoms with Crippen LogP contribution in [-0.2, 0) is 9.47 Å². The molecule has 3 aromatic heterocycles. The van der Waals surface area contributed by atoms with E-state index >= 15 is 0 Å². The summed E-state index contributed by atoms with van der Waals surface area (Å²) in [4.78, 5) is 58.0. The molecule has 2 N–H and O–H groups in total. The number of aromatic nitrogens is 4. The lowest BCUT2D eigenvalue weighted by Crippen LogP contribution is -2.37. The molecular weight excluding hydrogens is 710 g/mol. The van der Waals surface area contributed by atoms with Crippen molar-refractivity contribution < 1.29 is 32.3 Å². The van der Waals surface area contributed by atoms with Gasteiger partial charge < -0.3 is 23.9 Å². The van der Waals surface area contributed by atoms with Crippen molar-refractivity contribution in [3.63, 3.8) is 0 Å². The number of hydrogen-bond donors (Lipinski definition) is 2. The Morgan fingerprint density at radius 3 is 1.76 bits per heavy atom. The van der Waals surface area contributed by atoms with Crippen LogP contribution in [0.5, 0.6) is 0 Å². The van der Waals surface area contributed by atoms with Gasteiger partial charge in [-0.2, -0.15) is 0 Å². The molecule has 2 amide bonds. The number of aromatic amines is 2. The van der Waals surface area contributed by atoms with E-state index in [2.05, 4.69) is 19.9 Å². The van der Waals surface area contributed by atoms with Gasteiger partial charge in [-0.25, -0.2) is 28.3 Å². The van der Waals surface area contributed by atoms with E-state index < -0.39 is 47.8 Å². The number of imidazole rings is 2. The van der Waals surface area contributed by atoms with Crippen LogP contribution in [0.1, 0.15) is 78.1 Å². The summed E-state index contributed by atoms with van der Waals surface area (Å²) in [6.07, 6.45) is -0.109. The van der Waals surface area contributed by atoms with Gasteiger partial charge in [0.15, 0.2) is 0 Å². The van der Waals surface area contributed by atoms with Crippen molar-refractivity contribution in [3.05, 3.63) is 82.8 Å². The number of carbonyl (C=O) groups is 2. The molecule has 2 saturated heterocycles. The highest BCUT2D eigenvalue weighted by Crippen LogP contribution is 2.37. The number of amides is 2. The molecule has 8 rings (SSSR count). The molecule has 0 unspecified atom stereocenters. The van der Waals surface area contributed by atoms with Crippen LogP contribution in [-0.4, -0.2) is 78.6 Å². The van der Waals surface area contributed by atoms with Crippen LogP contribution in [0.25, 0.3) is 55.2 Å². The van der Waals surface area contributed by atoms with Gasteiger partial charge in [0.2, 0.25) is 5.43 Å². The van der Waals surface area contributed by atoms with Crippen molar-refractivity contribution in [1.82, 2.24) is 29.7 Å². The van der Waals surface area contributed by atoms with Gasteiger partial charge in [0, 0.05) is 24.0 Å². The van der Waals surface area contributed by atoms with E-state index in [0.29, 0.717) is 55.9 Å². The minimum atomic E-state index is -1.21. The van der Waals surface area contributed by atoms with Gasteiger partial charge in [-0.3, -0.25) is 14.6 Å². The van der Waals surface area contributed by atoms with Gasteiger partial charge in [-0.15, -0.1) is 0 Å². The van der Waals surface area contributed by atoms with Crippen LogP contribution < -0.4 is 5.43 Å². The first-order valence-corrected chi connectivity index (χ1v) is 18.3. The fourth-order valence-corrected chi connectivity index (χ4v) is 7.45. The molecule has 14 heteroatoms. The van der Waals surface area contributed by atoms with Crippen LogP contribution in [0.4, 0.5) is 18.4 Å². The lowest BCUT2D eigenvalue weighted by molar-refractivity contribution is 0.0201. The Balaban J connectivity index is 1.06. The van der Waals surface area contributed by atoms with E-state index in [9.17, 15) is 23.2 Å². The molecule has 0 saturated carbocycles. The zero-order valence-electron chi connectivity index (χ0n) is 31.4. The Morgan fingerprint density at radius 1 is 0.727 bits per heavy atom. The maximum atomic E-state index is 14.5. The number of carbonyl (C=O) groups excluding carboxylic acids is 2. The fourth-order valence-electron chi connectivity index (χ4n) is 7.45. The summed E-state index contributed by atoms with van der Waals surface area (Å²) < 4.78 is 46.4. The first kappa shape index (κ1) is 36.2. The Morgan fingerprint density at radius 2 is 1.24 bits per heavy atom. The summed E-state index contributed by atoms with van der Waals surface area (Å²) in [5.74, 6) is 0.903. The number of rotatable bonds is 4. The van der Waals surface area contributed by atoms with E-state index in [4.69, 9.17) is 13.9 Å². The fraction of sp³-hybridized carbons (Fsp3) is 0.390. The number of alkyl halides is 2. The largest absolute Gasteiger partial charge is 0.456 e. The van der Waals surface area contributed by atoms with Gasteiger partial charge in [0.1, 0.15) is 46.4 Å². The summed E-state index contributed by atoms with van der Waals surface area (Å²) in [5, 5.41) is 2.35. The minimum Gasteiger partial charge on any atom is -0.456 e. The van der Waals surface area contributed by atoms with Gasteiger partial charge in [0.05, 0.1) is 59.7 Å². The zero-order chi connectivity index (χ0) is 39.0. The minimum absolute atomic E-state index is 0.0695. The van der Waals surface area contributed by atoms with Crippen LogP contribution in [0, 0.1) is 0 Å². The molecule has 55 heavy (non-hydrogen) atoms. The van der Waals surface area contributed by atoms with Crippen molar-refractivity contribution in [2.75, 3.05) is 13.1 Å². The van der Waals surface area contributed by atoms with E-state index in [1.165, 1.54) is 9.80 Å². The standard InChI is InChI=1S/C41H42F2N6O6/c1-40(2,3)54-38(51)48-19-24(42)15-30(48)36-44-17-28(46-36)22-7-10-26-21(13-22)9-12-32-34(26)35(50)27-11-8-23(14-33(27)53-32)29-18-45-37(47-29)31-16-25(43)20-49(31)39(52)55-41(4,5)6/h7-14,17-18,24-25,30-31H,15-16,19-20H2,1-6H3,(H,44,46)(H,45,47)/t24-,25+,30-,31-/m0/s1. The highest BCUT2D eigenvalue weighted by molar-refractivity contribution is 6.09. The molecule has 0 radical (unpaired) electrons. The molecule has 2 fully saturated rings. The molecule has 0 aliphatic carbocycles. The molecule has 2 aliphatic heterocycles. The maximum absolute atomic E-state index is 14.5. The number of nitrogens with zero attached hydrogens (tertiary/aromatic N) is 4. The van der Waals surface area contributed by atoms with Crippen molar-refractivity contribution >= 4 is 44.9 Å². The first-order valence-electron chi connectivity index (χ1n) is 18.3. The summed E-state index contributed by atoms with van der Waals surface area (Å²) in [6.45, 7) is 10.4. The van der Waals surface area contributed by atoms with Crippen molar-refractivity contribution in [2.24, 2.45) is 0 Å². The quantitative estimate of drug-likeness (QED) is 0.134. The summed E-state index contributed by atoms with van der Waals surface area (Å²) >= 11 is 0. The molecule has 0 bridgehead atoms. The third-order valence-electron chi connectivity index (χ3n) is 9.86. The predicted molar refractivity (Wildman–Crippen MR) is 203 cm³/mol. The van der Waals surface area contributed by atoms with Crippen molar-refractivity contribution in [2.45, 2.75) is 90.0 Å². The molecule has 5 heterocycles. The topological polar surface area (TPSA) is 147 Å². The second-order valence-corrected chi connectivity index (χ2v) is 16.3. The van der Waals surface area contributed by atoms with E-state index in [0.717, 1.165) is 10.9 Å². The van der Waals surface area contributed by atoms with Gasteiger partial charge in [-0.05, 0) is 76.6 Å². The SMILES string of the molecule is CC(C)(C)OC(=O)N1C[C@H](F)C[C@H]1c1ncc(-c2ccc3c(=O)c4c(ccc5cc(-c6cnc([C@@H]7C[C@H](F)CN7C(=O)OC(C)(C)C)[nH]6)ccc54)oc3c2)[nH]1. The number of halogens is 2. The molecule has 2 aliphatic rings. The van der Waals surface area contributed by atoms with Crippen molar-refractivity contribution in [3.8, 4) is 22.5 Å². The van der Waals surface area contributed by atoms with E-state index in [1.54, 1.807) is 78.2 Å². The van der Waals surface area contributed by atoms with Crippen LogP contribution in [0.15, 0.2) is 70.1 Å². The normalized spacial score (nSPS) is 20.6. The molecule has 6 aromatic rings. The van der Waals surface area contributed by atoms with Gasteiger partial charge in [-0.1, -0.05) is 24.3 Å². The third kappa shape index (κ3) is 7.01. The molecule has 0 spiro atoms. The second kappa shape index (κ2) is 13.2. The zero-order valence-corrected chi connectivity index (χ0v) is 31.4. The van der Waals surface area contributed by atoms with Gasteiger partial charge >= 0.3 is 12.2 Å². The van der Waals surface area contributed by atoms with Crippen LogP contribution in [0.3, 0.4) is 0 Å². The lowest BCUT2D eigenvalue weighted by atomic mass is 10.0. The Kier molecular flexibility index (Phi) is 8.69. The van der Waals surface area contributed by atoms with Gasteiger partial charge in [0.25, 0.3) is 0 Å². The van der Waals surface area contributed by atoms with Crippen LogP contribution >= 0.6 is 0 Å². The summed E-state index contributed by atoms with van der Waals surface area (Å²) in [6, 6.07) is 13.4. The second-order valence-electron chi connectivity index (χ2n) is 16.3. The highest BCUT2D eigenvalue weighted by atomic mass is 19.1. The predicted octanol–water partition coefficient (Wildman–Crippen LogP) is 8.92. The number of nitrogens with one attached hydrogen (secondary N) is 2. The van der Waals surface area contributed by atoms with E-state index in [1.807, 2.05) is 24.3 Å². The highest BCUT2D eigenvalue weighted by Gasteiger charge is 2.41. The van der Waals surface area contributed by atoms with Crippen LogP contribution in [0.2, 0.25) is 0 Å². The van der Waals surface area contributed by atoms with Crippen molar-refractivity contribution in [1.29, 1.82) is 0 Å². The molecular formula is C41H42F2N6O6. The molecule has 12 nitrogen and oxygen atoms in total.